The third-order valence-electron chi connectivity index (χ3n) is 2.17. The molecule has 1 aromatic heterocycles. The number of carbonyl (C=O) groups is 1. The zero-order valence-corrected chi connectivity index (χ0v) is 11.4. The third-order valence-corrected chi connectivity index (χ3v) is 2.17. The number of nitrogens with zero attached hydrogens (tertiary/aromatic N) is 1. The van der Waals surface area contributed by atoms with E-state index in [0.29, 0.717) is 13.1 Å². The molecule has 1 amide bonds. The summed E-state index contributed by atoms with van der Waals surface area (Å²) in [5, 5.41) is 5.92. The number of ether oxygens (including phenoxy) is 1. The van der Waals surface area contributed by atoms with Gasteiger partial charge in [0.1, 0.15) is 11.4 Å². The predicted octanol–water partition coefficient (Wildman–Crippen LogP) is 1.58. The molecule has 1 unspecified atom stereocenters. The highest BCUT2D eigenvalue weighted by molar-refractivity contribution is 5.67. The fourth-order valence-corrected chi connectivity index (χ4v) is 1.38. The average Bonchev–Trinajstić information content (AvgIpc) is 2.74. The third kappa shape index (κ3) is 5.67. The van der Waals surface area contributed by atoms with Crippen molar-refractivity contribution in [2.24, 2.45) is 0 Å². The Morgan fingerprint density at radius 2 is 2.22 bits per heavy atom. The van der Waals surface area contributed by atoms with Crippen LogP contribution in [0.15, 0.2) is 12.4 Å². The minimum absolute atomic E-state index is 0.125. The number of rotatable bonds is 5. The van der Waals surface area contributed by atoms with Crippen LogP contribution in [0.1, 0.15) is 39.6 Å². The Labute approximate surface area is 108 Å². The molecule has 1 rings (SSSR count). The molecule has 3 N–H and O–H groups in total. The second-order valence-electron chi connectivity index (χ2n) is 5.08. The molecular formula is C12H22N4O2. The van der Waals surface area contributed by atoms with Crippen LogP contribution in [0.25, 0.3) is 0 Å². The van der Waals surface area contributed by atoms with Crippen molar-refractivity contribution in [2.45, 2.75) is 39.3 Å². The molecule has 0 fully saturated rings. The van der Waals surface area contributed by atoms with Gasteiger partial charge in [-0.05, 0) is 27.7 Å². The molecule has 6 heteroatoms. The maximum absolute atomic E-state index is 11.4. The Bertz CT molecular complexity index is 357. The highest BCUT2D eigenvalue weighted by Crippen LogP contribution is 2.06. The molecule has 0 bridgehead atoms. The van der Waals surface area contributed by atoms with Gasteiger partial charge in [0.05, 0.1) is 6.04 Å². The maximum Gasteiger partial charge on any atom is 0.407 e. The number of carbonyl (C=O) groups excluding carboxylic acids is 1. The summed E-state index contributed by atoms with van der Waals surface area (Å²) >= 11 is 0. The first-order valence-electron chi connectivity index (χ1n) is 6.08. The number of H-pyrrole nitrogens is 1. The van der Waals surface area contributed by atoms with Crippen molar-refractivity contribution in [1.29, 1.82) is 0 Å². The Balaban J connectivity index is 2.14. The summed E-state index contributed by atoms with van der Waals surface area (Å²) in [6.45, 7) is 8.69. The lowest BCUT2D eigenvalue weighted by Gasteiger charge is -2.20. The number of alkyl carbamates (subject to hydrolysis) is 1. The summed E-state index contributed by atoms with van der Waals surface area (Å²) in [6, 6.07) is 0.125. The lowest BCUT2D eigenvalue weighted by atomic mass is 10.2. The molecule has 18 heavy (non-hydrogen) atoms. The normalized spacial score (nSPS) is 13.1. The molecule has 0 saturated carbocycles. The number of aromatic amines is 1. The van der Waals surface area contributed by atoms with Crippen molar-refractivity contribution in [3.05, 3.63) is 18.2 Å². The first-order valence-corrected chi connectivity index (χ1v) is 6.08. The number of hydrogen-bond donors (Lipinski definition) is 3. The van der Waals surface area contributed by atoms with Crippen LogP contribution >= 0.6 is 0 Å². The molecular weight excluding hydrogens is 232 g/mol. The number of imidazole rings is 1. The second kappa shape index (κ2) is 6.39. The zero-order valence-electron chi connectivity index (χ0n) is 11.4. The van der Waals surface area contributed by atoms with Gasteiger partial charge in [0.15, 0.2) is 0 Å². The molecule has 0 aliphatic rings. The molecule has 1 atom stereocenters. The zero-order chi connectivity index (χ0) is 13.6. The summed E-state index contributed by atoms with van der Waals surface area (Å²) in [5.41, 5.74) is -0.459. The number of aromatic nitrogens is 2. The van der Waals surface area contributed by atoms with Gasteiger partial charge in [0.25, 0.3) is 0 Å². The van der Waals surface area contributed by atoms with E-state index >= 15 is 0 Å². The van der Waals surface area contributed by atoms with E-state index in [4.69, 9.17) is 4.74 Å². The largest absolute Gasteiger partial charge is 0.444 e. The maximum atomic E-state index is 11.4. The van der Waals surface area contributed by atoms with Crippen LogP contribution < -0.4 is 10.6 Å². The van der Waals surface area contributed by atoms with Gasteiger partial charge >= 0.3 is 6.09 Å². The van der Waals surface area contributed by atoms with E-state index in [9.17, 15) is 4.79 Å². The fourth-order valence-electron chi connectivity index (χ4n) is 1.38. The van der Waals surface area contributed by atoms with Crippen molar-refractivity contribution in [1.82, 2.24) is 20.6 Å². The van der Waals surface area contributed by atoms with Crippen LogP contribution in [0.3, 0.4) is 0 Å². The molecule has 102 valence electrons. The molecule has 0 radical (unpaired) electrons. The topological polar surface area (TPSA) is 79.0 Å². The molecule has 0 aromatic carbocycles. The van der Waals surface area contributed by atoms with Crippen molar-refractivity contribution in [2.75, 3.05) is 13.1 Å². The Hall–Kier alpha value is -1.56. The van der Waals surface area contributed by atoms with Crippen LogP contribution in [-0.2, 0) is 4.74 Å². The van der Waals surface area contributed by atoms with Gasteiger partial charge in [-0.3, -0.25) is 0 Å². The van der Waals surface area contributed by atoms with Gasteiger partial charge in [-0.2, -0.15) is 0 Å². The van der Waals surface area contributed by atoms with Crippen LogP contribution in [0.4, 0.5) is 4.79 Å². The van der Waals surface area contributed by atoms with E-state index in [1.54, 1.807) is 12.4 Å². The number of nitrogens with one attached hydrogen (secondary N) is 3. The fraction of sp³-hybridized carbons (Fsp3) is 0.667. The van der Waals surface area contributed by atoms with Gasteiger partial charge in [-0.25, -0.2) is 9.78 Å². The standard InChI is InChI=1S/C12H22N4O2/c1-9(10-14-6-7-15-10)13-5-8-16-11(17)18-12(2,3)4/h6-7,9,13H,5,8H2,1-4H3,(H,14,15)(H,16,17). The molecule has 0 saturated heterocycles. The van der Waals surface area contributed by atoms with Gasteiger partial charge in [0.2, 0.25) is 0 Å². The minimum atomic E-state index is -0.459. The van der Waals surface area contributed by atoms with Crippen LogP contribution in [0.2, 0.25) is 0 Å². The summed E-state index contributed by atoms with van der Waals surface area (Å²) in [6.07, 6.45) is 3.11. The van der Waals surface area contributed by atoms with Crippen molar-refractivity contribution in [3.8, 4) is 0 Å². The molecule has 1 heterocycles. The van der Waals surface area contributed by atoms with E-state index in [2.05, 4.69) is 20.6 Å². The Morgan fingerprint density at radius 3 is 2.78 bits per heavy atom. The average molecular weight is 254 g/mol. The monoisotopic (exact) mass is 254 g/mol. The first kappa shape index (κ1) is 14.5. The summed E-state index contributed by atoms with van der Waals surface area (Å²) in [5.74, 6) is 0.882. The summed E-state index contributed by atoms with van der Waals surface area (Å²) in [4.78, 5) is 18.5. The summed E-state index contributed by atoms with van der Waals surface area (Å²) in [7, 11) is 0. The van der Waals surface area contributed by atoms with E-state index in [-0.39, 0.29) is 6.04 Å². The molecule has 1 aromatic rings. The second-order valence-corrected chi connectivity index (χ2v) is 5.08. The van der Waals surface area contributed by atoms with E-state index in [0.717, 1.165) is 5.82 Å². The highest BCUT2D eigenvalue weighted by atomic mass is 16.6. The smallest absolute Gasteiger partial charge is 0.407 e. The first-order chi connectivity index (χ1) is 8.38. The lowest BCUT2D eigenvalue weighted by molar-refractivity contribution is 0.0528. The van der Waals surface area contributed by atoms with Gasteiger partial charge < -0.3 is 20.4 Å². The Kier molecular flexibility index (Phi) is 5.15. The quantitative estimate of drug-likeness (QED) is 0.697. The van der Waals surface area contributed by atoms with Crippen molar-refractivity contribution in [3.63, 3.8) is 0 Å². The number of amides is 1. The summed E-state index contributed by atoms with van der Waals surface area (Å²) < 4.78 is 5.12. The van der Waals surface area contributed by atoms with Crippen LogP contribution in [0, 0.1) is 0 Å². The molecule has 0 aliphatic carbocycles. The van der Waals surface area contributed by atoms with Crippen molar-refractivity contribution < 1.29 is 9.53 Å². The molecule has 0 aliphatic heterocycles. The van der Waals surface area contributed by atoms with Crippen molar-refractivity contribution >= 4 is 6.09 Å². The Morgan fingerprint density at radius 1 is 1.50 bits per heavy atom. The van der Waals surface area contributed by atoms with Gasteiger partial charge in [0, 0.05) is 25.5 Å². The van der Waals surface area contributed by atoms with Gasteiger partial charge in [-0.1, -0.05) is 0 Å². The minimum Gasteiger partial charge on any atom is -0.444 e. The number of hydrogen-bond acceptors (Lipinski definition) is 4. The van der Waals surface area contributed by atoms with Crippen LogP contribution in [-0.4, -0.2) is 34.8 Å². The molecule has 6 nitrogen and oxygen atoms in total. The molecule has 0 spiro atoms. The van der Waals surface area contributed by atoms with E-state index in [1.807, 2.05) is 27.7 Å². The lowest BCUT2D eigenvalue weighted by Crippen LogP contribution is -2.37. The van der Waals surface area contributed by atoms with Gasteiger partial charge in [-0.15, -0.1) is 0 Å². The van der Waals surface area contributed by atoms with Crippen LogP contribution in [0.5, 0.6) is 0 Å². The van der Waals surface area contributed by atoms with E-state index < -0.39 is 11.7 Å². The predicted molar refractivity (Wildman–Crippen MR) is 69.2 cm³/mol. The highest BCUT2D eigenvalue weighted by Gasteiger charge is 2.15. The van der Waals surface area contributed by atoms with E-state index in [1.165, 1.54) is 0 Å². The SMILES string of the molecule is CC(NCCNC(=O)OC(C)(C)C)c1ncc[nH]1.